The average Bonchev–Trinajstić information content (AvgIpc) is 3.24. The molecule has 0 atom stereocenters. The summed E-state index contributed by atoms with van der Waals surface area (Å²) in [5, 5.41) is 4.13. The normalized spacial score (nSPS) is 14.6. The Labute approximate surface area is 131 Å². The topological polar surface area (TPSA) is 12.0 Å². The van der Waals surface area contributed by atoms with Crippen LogP contribution in [-0.2, 0) is 6.54 Å². The highest BCUT2D eigenvalue weighted by atomic mass is 79.9. The second-order valence-corrected chi connectivity index (χ2v) is 6.35. The molecule has 1 fully saturated rings. The molecule has 1 saturated carbocycles. The summed E-state index contributed by atoms with van der Waals surface area (Å²) in [7, 11) is 0. The molecule has 0 bridgehead atoms. The van der Waals surface area contributed by atoms with E-state index in [1.807, 2.05) is 18.2 Å². The third-order valence-electron chi connectivity index (χ3n) is 3.47. The molecule has 0 aromatic heterocycles. The molecule has 0 saturated heterocycles. The van der Waals surface area contributed by atoms with Crippen molar-refractivity contribution in [2.45, 2.75) is 25.4 Å². The summed E-state index contributed by atoms with van der Waals surface area (Å²) in [6.45, 7) is 0.715. The second-order valence-electron chi connectivity index (χ2n) is 5.06. The van der Waals surface area contributed by atoms with Crippen LogP contribution in [0.4, 0.5) is 4.39 Å². The Balaban J connectivity index is 2.00. The van der Waals surface area contributed by atoms with E-state index in [4.69, 9.17) is 11.6 Å². The van der Waals surface area contributed by atoms with E-state index in [9.17, 15) is 4.39 Å². The maximum Gasteiger partial charge on any atom is 0.145 e. The summed E-state index contributed by atoms with van der Waals surface area (Å²) in [6, 6.07) is 11.5. The smallest absolute Gasteiger partial charge is 0.145 e. The Morgan fingerprint density at radius 1 is 1.20 bits per heavy atom. The number of hydrogen-bond acceptors (Lipinski definition) is 1. The molecule has 1 nitrogen and oxygen atoms in total. The van der Waals surface area contributed by atoms with E-state index < -0.39 is 0 Å². The van der Waals surface area contributed by atoms with E-state index in [0.717, 1.165) is 11.1 Å². The first-order valence-electron chi connectivity index (χ1n) is 6.61. The number of rotatable bonds is 4. The van der Waals surface area contributed by atoms with Gasteiger partial charge in [-0.1, -0.05) is 29.8 Å². The molecule has 0 aliphatic heterocycles. The first kappa shape index (κ1) is 14.1. The van der Waals surface area contributed by atoms with Crippen molar-refractivity contribution < 1.29 is 4.39 Å². The molecule has 2 aromatic rings. The first-order valence-corrected chi connectivity index (χ1v) is 7.78. The summed E-state index contributed by atoms with van der Waals surface area (Å²) < 4.78 is 14.8. The molecule has 0 spiro atoms. The molecule has 0 unspecified atom stereocenters. The minimum Gasteiger partial charge on any atom is -0.310 e. The van der Waals surface area contributed by atoms with Gasteiger partial charge in [-0.15, -0.1) is 0 Å². The lowest BCUT2D eigenvalue weighted by atomic mass is 9.99. The van der Waals surface area contributed by atoms with Crippen molar-refractivity contribution in [3.8, 4) is 11.1 Å². The van der Waals surface area contributed by atoms with Crippen molar-refractivity contribution in [2.24, 2.45) is 0 Å². The van der Waals surface area contributed by atoms with E-state index in [1.54, 1.807) is 18.2 Å². The molecular formula is C16H14BrClFN. The van der Waals surface area contributed by atoms with Gasteiger partial charge in [0.05, 0.1) is 4.47 Å². The average molecular weight is 355 g/mol. The van der Waals surface area contributed by atoms with Crippen LogP contribution in [0.3, 0.4) is 0 Å². The molecule has 0 amide bonds. The van der Waals surface area contributed by atoms with Gasteiger partial charge in [0.25, 0.3) is 0 Å². The lowest BCUT2D eigenvalue weighted by Gasteiger charge is -2.12. The standard InChI is InChI=1S/C16H14BrClFN/c17-15-3-1-2-14(16(15)19)13-7-4-11(18)8-10(13)9-20-12-5-6-12/h1-4,7-8,12,20H,5-6,9H2. The van der Waals surface area contributed by atoms with Crippen LogP contribution in [0.5, 0.6) is 0 Å². The van der Waals surface area contributed by atoms with Gasteiger partial charge in [-0.2, -0.15) is 0 Å². The maximum absolute atomic E-state index is 14.3. The highest BCUT2D eigenvalue weighted by Gasteiger charge is 2.21. The van der Waals surface area contributed by atoms with Crippen molar-refractivity contribution in [2.75, 3.05) is 0 Å². The minimum atomic E-state index is -0.234. The van der Waals surface area contributed by atoms with Gasteiger partial charge in [0.1, 0.15) is 5.82 Å². The Hall–Kier alpha value is -0.900. The van der Waals surface area contributed by atoms with E-state index in [-0.39, 0.29) is 5.82 Å². The quantitative estimate of drug-likeness (QED) is 0.799. The third kappa shape index (κ3) is 3.05. The monoisotopic (exact) mass is 353 g/mol. The highest BCUT2D eigenvalue weighted by Crippen LogP contribution is 2.32. The van der Waals surface area contributed by atoms with Gasteiger partial charge in [0.2, 0.25) is 0 Å². The van der Waals surface area contributed by atoms with Crippen LogP contribution < -0.4 is 5.32 Å². The van der Waals surface area contributed by atoms with Gasteiger partial charge in [0.15, 0.2) is 0 Å². The number of halogens is 3. The lowest BCUT2D eigenvalue weighted by molar-refractivity contribution is 0.624. The molecule has 2 aromatic carbocycles. The molecule has 1 aliphatic rings. The zero-order valence-electron chi connectivity index (χ0n) is 10.8. The zero-order valence-corrected chi connectivity index (χ0v) is 13.1. The summed E-state index contributed by atoms with van der Waals surface area (Å²) in [5.74, 6) is -0.234. The molecule has 1 N–H and O–H groups in total. The number of hydrogen-bond donors (Lipinski definition) is 1. The van der Waals surface area contributed by atoms with Crippen LogP contribution in [-0.4, -0.2) is 6.04 Å². The second kappa shape index (κ2) is 5.84. The van der Waals surface area contributed by atoms with Crippen LogP contribution in [0.2, 0.25) is 5.02 Å². The fourth-order valence-electron chi connectivity index (χ4n) is 2.22. The van der Waals surface area contributed by atoms with Crippen LogP contribution in [0.1, 0.15) is 18.4 Å². The number of benzene rings is 2. The molecular weight excluding hydrogens is 341 g/mol. The predicted octanol–water partition coefficient (Wildman–Crippen LogP) is 5.16. The van der Waals surface area contributed by atoms with E-state index in [0.29, 0.717) is 27.6 Å². The molecule has 20 heavy (non-hydrogen) atoms. The lowest BCUT2D eigenvalue weighted by Crippen LogP contribution is -2.16. The van der Waals surface area contributed by atoms with Crippen LogP contribution >= 0.6 is 27.5 Å². The minimum absolute atomic E-state index is 0.234. The van der Waals surface area contributed by atoms with Crippen molar-refractivity contribution in [1.82, 2.24) is 5.32 Å². The number of nitrogens with one attached hydrogen (secondary N) is 1. The molecule has 0 heterocycles. The fourth-order valence-corrected chi connectivity index (χ4v) is 2.79. The summed E-state index contributed by atoms with van der Waals surface area (Å²) in [6.07, 6.45) is 2.45. The van der Waals surface area contributed by atoms with Gasteiger partial charge in [-0.05, 0) is 58.1 Å². The largest absolute Gasteiger partial charge is 0.310 e. The van der Waals surface area contributed by atoms with Crippen molar-refractivity contribution >= 4 is 27.5 Å². The molecule has 1 aliphatic carbocycles. The van der Waals surface area contributed by atoms with Crippen LogP contribution in [0.25, 0.3) is 11.1 Å². The Kier molecular flexibility index (Phi) is 4.11. The summed E-state index contributed by atoms with van der Waals surface area (Å²) in [4.78, 5) is 0. The van der Waals surface area contributed by atoms with Gasteiger partial charge >= 0.3 is 0 Å². The third-order valence-corrected chi connectivity index (χ3v) is 4.32. The van der Waals surface area contributed by atoms with Crippen LogP contribution in [0.15, 0.2) is 40.9 Å². The Morgan fingerprint density at radius 3 is 2.75 bits per heavy atom. The van der Waals surface area contributed by atoms with Gasteiger partial charge in [0, 0.05) is 23.2 Å². The molecule has 0 radical (unpaired) electrons. The Morgan fingerprint density at radius 2 is 2.00 bits per heavy atom. The maximum atomic E-state index is 14.3. The van der Waals surface area contributed by atoms with Gasteiger partial charge in [-0.25, -0.2) is 4.39 Å². The van der Waals surface area contributed by atoms with E-state index >= 15 is 0 Å². The highest BCUT2D eigenvalue weighted by molar-refractivity contribution is 9.10. The van der Waals surface area contributed by atoms with E-state index in [2.05, 4.69) is 21.2 Å². The molecule has 4 heteroatoms. The Bertz CT molecular complexity index is 640. The van der Waals surface area contributed by atoms with Gasteiger partial charge < -0.3 is 5.32 Å². The van der Waals surface area contributed by atoms with Crippen molar-refractivity contribution in [3.63, 3.8) is 0 Å². The van der Waals surface area contributed by atoms with Crippen molar-refractivity contribution in [3.05, 3.63) is 57.3 Å². The van der Waals surface area contributed by atoms with E-state index in [1.165, 1.54) is 12.8 Å². The SMILES string of the molecule is Fc1c(Br)cccc1-c1ccc(Cl)cc1CNC1CC1. The first-order chi connectivity index (χ1) is 9.65. The molecule has 3 rings (SSSR count). The van der Waals surface area contributed by atoms with Crippen LogP contribution in [0, 0.1) is 5.82 Å². The summed E-state index contributed by atoms with van der Waals surface area (Å²) >= 11 is 9.31. The van der Waals surface area contributed by atoms with Gasteiger partial charge in [-0.3, -0.25) is 0 Å². The molecule has 104 valence electrons. The predicted molar refractivity (Wildman–Crippen MR) is 84.4 cm³/mol. The summed E-state index contributed by atoms with van der Waals surface area (Å²) in [5.41, 5.74) is 2.52. The van der Waals surface area contributed by atoms with Crippen molar-refractivity contribution in [1.29, 1.82) is 0 Å². The fraction of sp³-hybridized carbons (Fsp3) is 0.250. The zero-order chi connectivity index (χ0) is 14.1.